The van der Waals surface area contributed by atoms with Crippen LogP contribution in [0.5, 0.6) is 11.5 Å². The number of rotatable bonds is 8. The number of benzene rings is 2. The minimum atomic E-state index is 0.466. The van der Waals surface area contributed by atoms with Crippen molar-refractivity contribution in [2.75, 3.05) is 13.2 Å². The first-order chi connectivity index (χ1) is 13.2. The molecule has 2 aromatic carbocycles. The highest BCUT2D eigenvalue weighted by Crippen LogP contribution is 2.30. The zero-order valence-electron chi connectivity index (χ0n) is 15.7. The number of unbranched alkanes of at least 4 members (excludes halogenated alkanes) is 1. The van der Waals surface area contributed by atoms with Gasteiger partial charge in [0.25, 0.3) is 0 Å². The lowest BCUT2D eigenvalue weighted by Gasteiger charge is -2.12. The Morgan fingerprint density at radius 1 is 1.15 bits per heavy atom. The van der Waals surface area contributed by atoms with Crippen LogP contribution in [-0.2, 0) is 0 Å². The van der Waals surface area contributed by atoms with Crippen molar-refractivity contribution >= 4 is 22.7 Å². The number of fused-ring (bicyclic) bond motifs is 1. The summed E-state index contributed by atoms with van der Waals surface area (Å²) < 4.78 is 11.5. The number of allylic oxidation sites excluding steroid dienone is 1. The predicted octanol–water partition coefficient (Wildman–Crippen LogP) is 5.20. The fourth-order valence-electron chi connectivity index (χ4n) is 2.73. The molecule has 5 nitrogen and oxygen atoms in total. The van der Waals surface area contributed by atoms with E-state index in [1.807, 2.05) is 49.4 Å². The van der Waals surface area contributed by atoms with Crippen molar-refractivity contribution < 1.29 is 9.47 Å². The summed E-state index contributed by atoms with van der Waals surface area (Å²) in [6.07, 6.45) is 3.88. The quantitative estimate of drug-likeness (QED) is 0.442. The first kappa shape index (κ1) is 18.5. The van der Waals surface area contributed by atoms with E-state index in [1.165, 1.54) is 0 Å². The molecule has 0 saturated carbocycles. The van der Waals surface area contributed by atoms with Crippen molar-refractivity contribution in [2.45, 2.75) is 26.7 Å². The van der Waals surface area contributed by atoms with Gasteiger partial charge in [0, 0.05) is 0 Å². The van der Waals surface area contributed by atoms with Crippen LogP contribution in [0.1, 0.15) is 38.1 Å². The molecular formula is C22H23N3O2. The number of aromatic nitrogens is 2. The maximum atomic E-state index is 9.60. The smallest absolute Gasteiger partial charge is 0.161 e. The molecule has 0 amide bonds. The second kappa shape index (κ2) is 8.91. The van der Waals surface area contributed by atoms with Crippen LogP contribution in [0.15, 0.2) is 42.5 Å². The number of aromatic amines is 1. The van der Waals surface area contributed by atoms with Crippen LogP contribution in [0.2, 0.25) is 0 Å². The van der Waals surface area contributed by atoms with Crippen LogP contribution in [0, 0.1) is 11.3 Å². The van der Waals surface area contributed by atoms with Crippen molar-refractivity contribution in [3.63, 3.8) is 0 Å². The molecule has 138 valence electrons. The maximum absolute atomic E-state index is 9.60. The highest BCUT2D eigenvalue weighted by Gasteiger charge is 2.10. The molecule has 27 heavy (non-hydrogen) atoms. The molecule has 0 saturated heterocycles. The van der Waals surface area contributed by atoms with E-state index in [2.05, 4.69) is 23.0 Å². The van der Waals surface area contributed by atoms with Crippen LogP contribution >= 0.6 is 0 Å². The Kier molecular flexibility index (Phi) is 6.11. The van der Waals surface area contributed by atoms with Gasteiger partial charge in [-0.25, -0.2) is 4.98 Å². The molecule has 3 aromatic rings. The lowest BCUT2D eigenvalue weighted by molar-refractivity contribution is 0.272. The van der Waals surface area contributed by atoms with E-state index in [-0.39, 0.29) is 0 Å². The summed E-state index contributed by atoms with van der Waals surface area (Å²) in [6.45, 7) is 5.27. The summed E-state index contributed by atoms with van der Waals surface area (Å²) in [5.74, 6) is 1.97. The average Bonchev–Trinajstić information content (AvgIpc) is 3.12. The Bertz CT molecular complexity index is 950. The molecule has 0 spiro atoms. The molecule has 0 unspecified atom stereocenters. The van der Waals surface area contributed by atoms with Crippen molar-refractivity contribution in [2.24, 2.45) is 0 Å². The second-order valence-corrected chi connectivity index (χ2v) is 6.11. The zero-order chi connectivity index (χ0) is 19.1. The van der Waals surface area contributed by atoms with Crippen molar-refractivity contribution in [3.05, 3.63) is 53.9 Å². The van der Waals surface area contributed by atoms with Crippen LogP contribution < -0.4 is 9.47 Å². The predicted molar refractivity (Wildman–Crippen MR) is 108 cm³/mol. The van der Waals surface area contributed by atoms with E-state index in [1.54, 1.807) is 6.08 Å². The second-order valence-electron chi connectivity index (χ2n) is 6.11. The zero-order valence-corrected chi connectivity index (χ0v) is 15.7. The van der Waals surface area contributed by atoms with Gasteiger partial charge in [0.2, 0.25) is 0 Å². The van der Waals surface area contributed by atoms with E-state index in [0.29, 0.717) is 30.4 Å². The number of hydrogen-bond donors (Lipinski definition) is 1. The SMILES string of the molecule is CCCCOc1ccc(/C=C(\C#N)c2nc3ccccc3[nH]2)cc1OCC. The van der Waals surface area contributed by atoms with Gasteiger partial charge in [0.05, 0.1) is 29.8 Å². The summed E-state index contributed by atoms with van der Waals surface area (Å²) in [7, 11) is 0. The maximum Gasteiger partial charge on any atom is 0.161 e. The highest BCUT2D eigenvalue weighted by molar-refractivity contribution is 5.90. The minimum Gasteiger partial charge on any atom is -0.490 e. The largest absolute Gasteiger partial charge is 0.490 e. The Labute approximate surface area is 159 Å². The van der Waals surface area contributed by atoms with Gasteiger partial charge in [0.15, 0.2) is 11.5 Å². The number of H-pyrrole nitrogens is 1. The molecule has 3 rings (SSSR count). The van der Waals surface area contributed by atoms with E-state index >= 15 is 0 Å². The number of nitriles is 1. The summed E-state index contributed by atoms with van der Waals surface area (Å²) >= 11 is 0. The molecule has 0 fully saturated rings. The van der Waals surface area contributed by atoms with Gasteiger partial charge in [-0.05, 0) is 49.2 Å². The van der Waals surface area contributed by atoms with Crippen LogP contribution in [-0.4, -0.2) is 23.2 Å². The van der Waals surface area contributed by atoms with Gasteiger partial charge in [-0.3, -0.25) is 0 Å². The standard InChI is InChI=1S/C22H23N3O2/c1-3-5-12-27-20-11-10-16(14-21(20)26-4-2)13-17(15-23)22-24-18-8-6-7-9-19(18)25-22/h6-11,13-14H,3-5,12H2,1-2H3,(H,24,25)/b17-13+. The fourth-order valence-corrected chi connectivity index (χ4v) is 2.73. The summed E-state index contributed by atoms with van der Waals surface area (Å²) in [5, 5.41) is 9.60. The normalized spacial score (nSPS) is 11.4. The molecule has 5 heteroatoms. The van der Waals surface area contributed by atoms with Crippen LogP contribution in [0.25, 0.3) is 22.7 Å². The number of para-hydroxylation sites is 2. The number of hydrogen-bond acceptors (Lipinski definition) is 4. The topological polar surface area (TPSA) is 70.9 Å². The van der Waals surface area contributed by atoms with Gasteiger partial charge < -0.3 is 14.5 Å². The summed E-state index contributed by atoms with van der Waals surface area (Å²) in [5.41, 5.74) is 3.07. The van der Waals surface area contributed by atoms with Crippen LogP contribution in [0.4, 0.5) is 0 Å². The Balaban J connectivity index is 1.91. The third-order valence-corrected chi connectivity index (χ3v) is 4.10. The summed E-state index contributed by atoms with van der Waals surface area (Å²) in [4.78, 5) is 7.70. The van der Waals surface area contributed by atoms with E-state index < -0.39 is 0 Å². The Hall–Kier alpha value is -3.26. The molecule has 0 atom stereocenters. The minimum absolute atomic E-state index is 0.466. The Morgan fingerprint density at radius 2 is 2.00 bits per heavy atom. The lowest BCUT2D eigenvalue weighted by atomic mass is 10.1. The first-order valence-corrected chi connectivity index (χ1v) is 9.21. The van der Waals surface area contributed by atoms with E-state index in [0.717, 1.165) is 35.2 Å². The third-order valence-electron chi connectivity index (χ3n) is 4.10. The van der Waals surface area contributed by atoms with Gasteiger partial charge in [-0.1, -0.05) is 31.5 Å². The molecule has 0 bridgehead atoms. The van der Waals surface area contributed by atoms with Crippen molar-refractivity contribution in [1.82, 2.24) is 9.97 Å². The lowest BCUT2D eigenvalue weighted by Crippen LogP contribution is -2.00. The fraction of sp³-hybridized carbons (Fsp3) is 0.273. The molecule has 0 radical (unpaired) electrons. The van der Waals surface area contributed by atoms with Crippen molar-refractivity contribution in [3.8, 4) is 17.6 Å². The summed E-state index contributed by atoms with van der Waals surface area (Å²) in [6, 6.07) is 15.7. The number of nitrogens with one attached hydrogen (secondary N) is 1. The monoisotopic (exact) mass is 361 g/mol. The third kappa shape index (κ3) is 4.48. The molecule has 1 heterocycles. The van der Waals surface area contributed by atoms with Gasteiger partial charge >= 0.3 is 0 Å². The number of nitrogens with zero attached hydrogens (tertiary/aromatic N) is 2. The van der Waals surface area contributed by atoms with E-state index in [4.69, 9.17) is 9.47 Å². The van der Waals surface area contributed by atoms with Crippen LogP contribution in [0.3, 0.4) is 0 Å². The molecule has 0 aliphatic rings. The van der Waals surface area contributed by atoms with Gasteiger partial charge in [0.1, 0.15) is 11.9 Å². The molecular weight excluding hydrogens is 338 g/mol. The van der Waals surface area contributed by atoms with Gasteiger partial charge in [-0.15, -0.1) is 0 Å². The highest BCUT2D eigenvalue weighted by atomic mass is 16.5. The molecule has 1 aromatic heterocycles. The number of imidazole rings is 1. The molecule has 0 aliphatic carbocycles. The molecule has 1 N–H and O–H groups in total. The van der Waals surface area contributed by atoms with E-state index in [9.17, 15) is 5.26 Å². The number of ether oxygens (including phenoxy) is 2. The Morgan fingerprint density at radius 3 is 2.74 bits per heavy atom. The van der Waals surface area contributed by atoms with Gasteiger partial charge in [-0.2, -0.15) is 5.26 Å². The first-order valence-electron chi connectivity index (χ1n) is 9.21. The molecule has 0 aliphatic heterocycles. The average molecular weight is 361 g/mol. The van der Waals surface area contributed by atoms with Crippen molar-refractivity contribution in [1.29, 1.82) is 5.26 Å².